The lowest BCUT2D eigenvalue weighted by molar-refractivity contribution is -0.140. The van der Waals surface area contributed by atoms with Crippen LogP contribution in [0.25, 0.3) is 0 Å². The smallest absolute Gasteiger partial charge is 0.326 e. The summed E-state index contributed by atoms with van der Waals surface area (Å²) >= 11 is 0. The van der Waals surface area contributed by atoms with Crippen LogP contribution in [-0.2, 0) is 16.0 Å². The fourth-order valence-electron chi connectivity index (χ4n) is 1.71. The number of nitrogens with one attached hydrogen (secondary N) is 2. The van der Waals surface area contributed by atoms with Crippen LogP contribution in [0.15, 0.2) is 22.8 Å². The Labute approximate surface area is 121 Å². The minimum absolute atomic E-state index is 0.182. The van der Waals surface area contributed by atoms with Gasteiger partial charge in [0.2, 0.25) is 5.91 Å². The number of primary amides is 1. The van der Waals surface area contributed by atoms with E-state index in [1.165, 1.54) is 0 Å². The summed E-state index contributed by atoms with van der Waals surface area (Å²) in [5, 5.41) is 13.7. The Morgan fingerprint density at radius 1 is 1.38 bits per heavy atom. The third-order valence-corrected chi connectivity index (χ3v) is 2.79. The molecule has 1 heterocycles. The Morgan fingerprint density at radius 2 is 2.10 bits per heavy atom. The summed E-state index contributed by atoms with van der Waals surface area (Å²) in [4.78, 5) is 33.3. The minimum Gasteiger partial charge on any atom is -0.480 e. The number of hydrogen-bond acceptors (Lipinski definition) is 4. The van der Waals surface area contributed by atoms with Crippen molar-refractivity contribution < 1.29 is 23.9 Å². The second-order valence-corrected chi connectivity index (χ2v) is 4.70. The fourth-order valence-corrected chi connectivity index (χ4v) is 1.71. The van der Waals surface area contributed by atoms with Gasteiger partial charge >= 0.3 is 12.0 Å². The van der Waals surface area contributed by atoms with E-state index in [9.17, 15) is 14.4 Å². The van der Waals surface area contributed by atoms with Gasteiger partial charge in [0.05, 0.1) is 12.7 Å². The molecule has 0 radical (unpaired) electrons. The Hall–Kier alpha value is -2.51. The minimum atomic E-state index is -1.33. The molecule has 2 atom stereocenters. The predicted molar refractivity (Wildman–Crippen MR) is 73.4 cm³/mol. The summed E-state index contributed by atoms with van der Waals surface area (Å²) in [5.41, 5.74) is 4.93. The highest BCUT2D eigenvalue weighted by molar-refractivity contribution is 5.87. The van der Waals surface area contributed by atoms with Crippen molar-refractivity contribution in [3.63, 3.8) is 0 Å². The molecule has 8 nitrogen and oxygen atoms in total. The summed E-state index contributed by atoms with van der Waals surface area (Å²) < 4.78 is 5.17. The molecule has 3 amide bonds. The molecule has 116 valence electrons. The van der Waals surface area contributed by atoms with Gasteiger partial charge in [-0.05, 0) is 25.5 Å². The normalized spacial score (nSPS) is 13.2. The first-order valence-electron chi connectivity index (χ1n) is 6.49. The lowest BCUT2D eigenvalue weighted by Gasteiger charge is -2.17. The number of carbonyl (C=O) groups excluding carboxylic acids is 2. The van der Waals surface area contributed by atoms with Gasteiger partial charge < -0.3 is 25.9 Å². The van der Waals surface area contributed by atoms with Gasteiger partial charge in [-0.25, -0.2) is 9.59 Å². The third kappa shape index (κ3) is 6.46. The zero-order valence-corrected chi connectivity index (χ0v) is 11.7. The molecule has 21 heavy (non-hydrogen) atoms. The van der Waals surface area contributed by atoms with Crippen LogP contribution >= 0.6 is 0 Å². The molecule has 0 saturated carbocycles. The Bertz CT molecular complexity index is 486. The largest absolute Gasteiger partial charge is 0.480 e. The van der Waals surface area contributed by atoms with E-state index in [1.807, 2.05) is 6.07 Å². The van der Waals surface area contributed by atoms with Crippen LogP contribution in [0.1, 0.15) is 25.5 Å². The van der Waals surface area contributed by atoms with Crippen LogP contribution < -0.4 is 16.4 Å². The Kier molecular flexibility index (Phi) is 6.25. The van der Waals surface area contributed by atoms with Crippen molar-refractivity contribution in [3.8, 4) is 0 Å². The van der Waals surface area contributed by atoms with E-state index in [0.29, 0.717) is 12.8 Å². The molecule has 0 aliphatic rings. The van der Waals surface area contributed by atoms with Gasteiger partial charge in [-0.15, -0.1) is 0 Å². The topological polar surface area (TPSA) is 135 Å². The van der Waals surface area contributed by atoms with Crippen molar-refractivity contribution in [1.82, 2.24) is 10.6 Å². The third-order valence-electron chi connectivity index (χ3n) is 2.79. The summed E-state index contributed by atoms with van der Waals surface area (Å²) in [6.45, 7) is 1.78. The quantitative estimate of drug-likeness (QED) is 0.544. The molecule has 0 aliphatic carbocycles. The van der Waals surface area contributed by atoms with Crippen molar-refractivity contribution in [2.75, 3.05) is 0 Å². The summed E-state index contributed by atoms with van der Waals surface area (Å²) in [7, 11) is 0. The van der Waals surface area contributed by atoms with Crippen LogP contribution in [0, 0.1) is 0 Å². The van der Waals surface area contributed by atoms with E-state index in [-0.39, 0.29) is 6.04 Å². The van der Waals surface area contributed by atoms with Crippen LogP contribution in [0.5, 0.6) is 0 Å². The molecule has 1 rings (SSSR count). The number of furan rings is 1. The Morgan fingerprint density at radius 3 is 2.62 bits per heavy atom. The molecule has 5 N–H and O–H groups in total. The van der Waals surface area contributed by atoms with Gasteiger partial charge in [0, 0.05) is 12.5 Å². The molecule has 8 heteroatoms. The zero-order chi connectivity index (χ0) is 15.8. The monoisotopic (exact) mass is 297 g/mol. The maximum absolute atomic E-state index is 11.7. The number of rotatable bonds is 8. The maximum Gasteiger partial charge on any atom is 0.326 e. The van der Waals surface area contributed by atoms with E-state index < -0.39 is 30.4 Å². The van der Waals surface area contributed by atoms with E-state index in [2.05, 4.69) is 10.6 Å². The summed E-state index contributed by atoms with van der Waals surface area (Å²) in [6.07, 6.45) is 2.40. The van der Waals surface area contributed by atoms with Crippen molar-refractivity contribution in [2.24, 2.45) is 5.73 Å². The highest BCUT2D eigenvalue weighted by atomic mass is 16.4. The predicted octanol–water partition coefficient (Wildman–Crippen LogP) is 0.229. The van der Waals surface area contributed by atoms with Gasteiger partial charge in [-0.3, -0.25) is 4.79 Å². The standard InChI is InChI=1S/C13H19N3O5/c1-8(4-5-9-3-2-6-21-9)15-13(20)16-10(12(18)19)7-11(14)17/h2-3,6,8,10H,4-5,7H2,1H3,(H2,14,17)(H,18,19)(H2,15,16,20). The molecular formula is C13H19N3O5. The molecule has 0 bridgehead atoms. The number of nitrogens with two attached hydrogens (primary N) is 1. The van der Waals surface area contributed by atoms with E-state index in [1.54, 1.807) is 19.3 Å². The molecule has 1 aromatic heterocycles. The summed E-state index contributed by atoms with van der Waals surface area (Å²) in [6, 6.07) is 1.44. The maximum atomic E-state index is 11.7. The molecule has 0 aromatic carbocycles. The number of aliphatic carboxylic acids is 1. The number of carbonyl (C=O) groups is 3. The molecular weight excluding hydrogens is 278 g/mol. The van der Waals surface area contributed by atoms with Crippen LogP contribution in [0.3, 0.4) is 0 Å². The number of hydrogen-bond donors (Lipinski definition) is 4. The number of aryl methyl sites for hydroxylation is 1. The van der Waals surface area contributed by atoms with Gasteiger partial charge in [0.1, 0.15) is 11.8 Å². The highest BCUT2D eigenvalue weighted by Gasteiger charge is 2.22. The number of amides is 3. The SMILES string of the molecule is CC(CCc1ccco1)NC(=O)NC(CC(N)=O)C(=O)O. The molecule has 1 aromatic rings. The van der Waals surface area contributed by atoms with Crippen molar-refractivity contribution in [3.05, 3.63) is 24.2 Å². The average Bonchev–Trinajstić information content (AvgIpc) is 2.87. The van der Waals surface area contributed by atoms with E-state index in [4.69, 9.17) is 15.3 Å². The molecule has 0 saturated heterocycles. The molecule has 0 spiro atoms. The first kappa shape index (κ1) is 16.5. The van der Waals surface area contributed by atoms with Crippen LogP contribution in [0.4, 0.5) is 4.79 Å². The van der Waals surface area contributed by atoms with Crippen LogP contribution in [-0.4, -0.2) is 35.1 Å². The fraction of sp³-hybridized carbons (Fsp3) is 0.462. The van der Waals surface area contributed by atoms with Crippen molar-refractivity contribution in [2.45, 2.75) is 38.3 Å². The van der Waals surface area contributed by atoms with Gasteiger partial charge in [-0.1, -0.05) is 0 Å². The zero-order valence-electron chi connectivity index (χ0n) is 11.7. The van der Waals surface area contributed by atoms with Gasteiger partial charge in [-0.2, -0.15) is 0 Å². The van der Waals surface area contributed by atoms with E-state index >= 15 is 0 Å². The summed E-state index contributed by atoms with van der Waals surface area (Å²) in [5.74, 6) is -1.30. The van der Waals surface area contributed by atoms with Gasteiger partial charge in [0.25, 0.3) is 0 Å². The first-order valence-corrected chi connectivity index (χ1v) is 6.49. The number of carboxylic acid groups (broad SMARTS) is 1. The average molecular weight is 297 g/mol. The first-order chi connectivity index (χ1) is 9.88. The van der Waals surface area contributed by atoms with Crippen molar-refractivity contribution in [1.29, 1.82) is 0 Å². The molecule has 2 unspecified atom stereocenters. The molecule has 0 aliphatic heterocycles. The number of carboxylic acids is 1. The number of urea groups is 1. The molecule has 0 fully saturated rings. The Balaban J connectivity index is 2.36. The second kappa shape index (κ2) is 7.93. The van der Waals surface area contributed by atoms with Crippen LogP contribution in [0.2, 0.25) is 0 Å². The van der Waals surface area contributed by atoms with Gasteiger partial charge in [0.15, 0.2) is 0 Å². The highest BCUT2D eigenvalue weighted by Crippen LogP contribution is 2.05. The second-order valence-electron chi connectivity index (χ2n) is 4.70. The van der Waals surface area contributed by atoms with E-state index in [0.717, 1.165) is 5.76 Å². The lowest BCUT2D eigenvalue weighted by atomic mass is 10.1. The van der Waals surface area contributed by atoms with Crippen molar-refractivity contribution >= 4 is 17.9 Å². The lowest BCUT2D eigenvalue weighted by Crippen LogP contribution is -2.49.